The van der Waals surface area contributed by atoms with Gasteiger partial charge in [-0.15, -0.1) is 0 Å². The van der Waals surface area contributed by atoms with E-state index in [1.54, 1.807) is 20.4 Å². The summed E-state index contributed by atoms with van der Waals surface area (Å²) in [5.41, 5.74) is 6.66. The van der Waals surface area contributed by atoms with Gasteiger partial charge in [0, 0.05) is 29.5 Å². The second kappa shape index (κ2) is 12.3. The Bertz CT molecular complexity index is 1850. The van der Waals surface area contributed by atoms with Crippen molar-refractivity contribution in [2.75, 3.05) is 14.2 Å². The van der Waals surface area contributed by atoms with Crippen LogP contribution in [0, 0.1) is 0 Å². The molecule has 0 spiro atoms. The number of hydrogen-bond acceptors (Lipinski definition) is 5. The summed E-state index contributed by atoms with van der Waals surface area (Å²) in [5.74, 6) is 2.21. The predicted molar refractivity (Wildman–Crippen MR) is 168 cm³/mol. The van der Waals surface area contributed by atoms with Gasteiger partial charge in [-0.1, -0.05) is 24.3 Å². The van der Waals surface area contributed by atoms with Crippen LogP contribution in [0.5, 0.6) is 17.2 Å². The Morgan fingerprint density at radius 1 is 0.786 bits per heavy atom. The summed E-state index contributed by atoms with van der Waals surface area (Å²) >= 11 is 0. The predicted octanol–water partition coefficient (Wildman–Crippen LogP) is 7.69. The van der Waals surface area contributed by atoms with Gasteiger partial charge in [0.1, 0.15) is 23.9 Å². The number of hydrogen-bond donors (Lipinski definition) is 1. The van der Waals surface area contributed by atoms with E-state index >= 15 is 0 Å². The first-order valence-corrected chi connectivity index (χ1v) is 13.6. The molecular formula is C35H30N4O3. The molecule has 7 heteroatoms. The van der Waals surface area contributed by atoms with Crippen LogP contribution in [-0.2, 0) is 6.61 Å². The molecular weight excluding hydrogens is 524 g/mol. The van der Waals surface area contributed by atoms with E-state index in [1.165, 1.54) is 5.39 Å². The highest BCUT2D eigenvalue weighted by Gasteiger charge is 2.09. The summed E-state index contributed by atoms with van der Waals surface area (Å²) in [4.78, 5) is 7.58. The summed E-state index contributed by atoms with van der Waals surface area (Å²) in [7, 11) is 3.31. The molecule has 0 saturated heterocycles. The third-order valence-corrected chi connectivity index (χ3v) is 6.85. The lowest BCUT2D eigenvalue weighted by molar-refractivity contribution is 0.299. The van der Waals surface area contributed by atoms with Crippen LogP contribution in [0.2, 0.25) is 0 Å². The van der Waals surface area contributed by atoms with E-state index < -0.39 is 0 Å². The number of aromatic nitrogens is 4. The first-order valence-electron chi connectivity index (χ1n) is 13.6. The second-order valence-corrected chi connectivity index (χ2v) is 9.61. The topological polar surface area (TPSA) is 74.2 Å². The van der Waals surface area contributed by atoms with Crippen LogP contribution in [0.4, 0.5) is 0 Å². The molecule has 0 saturated carbocycles. The van der Waals surface area contributed by atoms with Gasteiger partial charge < -0.3 is 19.2 Å². The summed E-state index contributed by atoms with van der Waals surface area (Å²) < 4.78 is 18.9. The maximum Gasteiger partial charge on any atom is 0.130 e. The van der Waals surface area contributed by atoms with Gasteiger partial charge in [0.2, 0.25) is 0 Å². The van der Waals surface area contributed by atoms with Crippen molar-refractivity contribution in [1.29, 1.82) is 0 Å². The fourth-order valence-corrected chi connectivity index (χ4v) is 4.63. The average molecular weight is 555 g/mol. The van der Waals surface area contributed by atoms with Gasteiger partial charge in [0.05, 0.1) is 37.0 Å². The highest BCUT2D eigenvalue weighted by Crippen LogP contribution is 2.28. The number of pyridine rings is 1. The monoisotopic (exact) mass is 554 g/mol. The first kappa shape index (κ1) is 26.7. The Morgan fingerprint density at radius 2 is 1.67 bits per heavy atom. The molecule has 3 aromatic heterocycles. The van der Waals surface area contributed by atoms with E-state index in [1.807, 2.05) is 83.7 Å². The van der Waals surface area contributed by atoms with Crippen LogP contribution in [0.15, 0.2) is 103 Å². The van der Waals surface area contributed by atoms with Crippen LogP contribution in [-0.4, -0.2) is 34.0 Å². The fraction of sp³-hybridized carbons (Fsp3) is 0.0857. The number of methoxy groups -OCH3 is 2. The molecule has 0 aliphatic heterocycles. The molecule has 0 atom stereocenters. The minimum Gasteiger partial charge on any atom is -0.497 e. The standard InChI is InChI=1S/C35H30N4O3/c1-40-32-16-13-30(14-17-32)39-31(12-7-25-6-8-26-18-20-37-34(26)21-25)22-28(38-39)11-9-27-10-15-33(23-35(27)41-2)42-24-29-5-3-4-19-36-29/h3-23,37H,24H2,1-2H3/b11-9+,12-7+. The summed E-state index contributed by atoms with van der Waals surface area (Å²) in [6.45, 7) is 0.386. The fourth-order valence-electron chi connectivity index (χ4n) is 4.63. The smallest absolute Gasteiger partial charge is 0.130 e. The quantitative estimate of drug-likeness (QED) is 0.188. The van der Waals surface area contributed by atoms with Crippen molar-refractivity contribution >= 4 is 35.2 Å². The maximum atomic E-state index is 5.92. The van der Waals surface area contributed by atoms with E-state index in [0.717, 1.165) is 45.2 Å². The molecule has 3 heterocycles. The molecule has 6 aromatic rings. The van der Waals surface area contributed by atoms with E-state index in [9.17, 15) is 0 Å². The Labute approximate surface area is 244 Å². The van der Waals surface area contributed by atoms with Gasteiger partial charge in [0.25, 0.3) is 0 Å². The lowest BCUT2D eigenvalue weighted by atomic mass is 10.1. The Kier molecular flexibility index (Phi) is 7.81. The summed E-state index contributed by atoms with van der Waals surface area (Å²) in [6.07, 6.45) is 11.9. The number of ether oxygens (including phenoxy) is 3. The van der Waals surface area contributed by atoms with Crippen molar-refractivity contribution in [2.45, 2.75) is 6.61 Å². The Balaban J connectivity index is 1.27. The number of aromatic amines is 1. The molecule has 0 fully saturated rings. The SMILES string of the molecule is COc1ccc(-n2nc(/C=C/c3ccc(OCc4ccccn4)cc3OC)cc2/C=C/c2ccc3cc[nH]c3c2)cc1. The highest BCUT2D eigenvalue weighted by molar-refractivity contribution is 5.83. The van der Waals surface area contributed by atoms with Crippen molar-refractivity contribution in [1.82, 2.24) is 19.7 Å². The molecule has 7 nitrogen and oxygen atoms in total. The molecule has 0 radical (unpaired) electrons. The van der Waals surface area contributed by atoms with Crippen LogP contribution in [0.25, 0.3) is 40.9 Å². The molecule has 0 aliphatic carbocycles. The third kappa shape index (κ3) is 6.10. The number of nitrogens with zero attached hydrogens (tertiary/aromatic N) is 3. The Hall–Kier alpha value is -5.56. The number of nitrogens with one attached hydrogen (secondary N) is 1. The van der Waals surface area contributed by atoms with Crippen molar-refractivity contribution < 1.29 is 14.2 Å². The largest absolute Gasteiger partial charge is 0.497 e. The van der Waals surface area contributed by atoms with Gasteiger partial charge in [-0.05, 0) is 95.9 Å². The van der Waals surface area contributed by atoms with Crippen LogP contribution >= 0.6 is 0 Å². The summed E-state index contributed by atoms with van der Waals surface area (Å²) in [6, 6.07) is 29.9. The highest BCUT2D eigenvalue weighted by atomic mass is 16.5. The van der Waals surface area contributed by atoms with Crippen molar-refractivity contribution in [3.8, 4) is 22.9 Å². The van der Waals surface area contributed by atoms with Gasteiger partial charge in [-0.3, -0.25) is 4.98 Å². The Morgan fingerprint density at radius 3 is 2.48 bits per heavy atom. The van der Waals surface area contributed by atoms with Crippen molar-refractivity contribution in [3.63, 3.8) is 0 Å². The van der Waals surface area contributed by atoms with E-state index in [4.69, 9.17) is 19.3 Å². The molecule has 0 amide bonds. The average Bonchev–Trinajstić information content (AvgIpc) is 3.69. The van der Waals surface area contributed by atoms with Gasteiger partial charge in [-0.2, -0.15) is 5.10 Å². The van der Waals surface area contributed by atoms with Crippen LogP contribution in [0.3, 0.4) is 0 Å². The zero-order chi connectivity index (χ0) is 28.7. The zero-order valence-corrected chi connectivity index (χ0v) is 23.4. The zero-order valence-electron chi connectivity index (χ0n) is 23.4. The lowest BCUT2D eigenvalue weighted by Gasteiger charge is -2.09. The van der Waals surface area contributed by atoms with E-state index in [2.05, 4.69) is 52.5 Å². The molecule has 0 unspecified atom stereocenters. The molecule has 3 aromatic carbocycles. The van der Waals surface area contributed by atoms with Crippen molar-refractivity contribution in [2.24, 2.45) is 0 Å². The van der Waals surface area contributed by atoms with Crippen LogP contribution < -0.4 is 14.2 Å². The molecule has 0 aliphatic rings. The van der Waals surface area contributed by atoms with Crippen LogP contribution in [0.1, 0.15) is 28.2 Å². The minimum atomic E-state index is 0.386. The number of benzene rings is 3. The number of fused-ring (bicyclic) bond motifs is 1. The molecule has 1 N–H and O–H groups in total. The minimum absolute atomic E-state index is 0.386. The number of rotatable bonds is 10. The molecule has 208 valence electrons. The van der Waals surface area contributed by atoms with E-state index in [-0.39, 0.29) is 0 Å². The third-order valence-electron chi connectivity index (χ3n) is 6.85. The lowest BCUT2D eigenvalue weighted by Crippen LogP contribution is -1.99. The maximum absolute atomic E-state index is 5.92. The molecule has 0 bridgehead atoms. The normalized spacial score (nSPS) is 11.5. The second-order valence-electron chi connectivity index (χ2n) is 9.61. The van der Waals surface area contributed by atoms with E-state index in [0.29, 0.717) is 18.1 Å². The van der Waals surface area contributed by atoms with Gasteiger partial charge in [0.15, 0.2) is 0 Å². The van der Waals surface area contributed by atoms with Gasteiger partial charge in [-0.25, -0.2) is 4.68 Å². The molecule has 6 rings (SSSR count). The van der Waals surface area contributed by atoms with Gasteiger partial charge >= 0.3 is 0 Å². The molecule has 42 heavy (non-hydrogen) atoms. The first-order chi connectivity index (χ1) is 20.7. The summed E-state index contributed by atoms with van der Waals surface area (Å²) in [5, 5.41) is 6.09. The number of H-pyrrole nitrogens is 1. The van der Waals surface area contributed by atoms with Crippen molar-refractivity contribution in [3.05, 3.63) is 132 Å².